The summed E-state index contributed by atoms with van der Waals surface area (Å²) in [5.41, 5.74) is 3.76. The van der Waals surface area contributed by atoms with Gasteiger partial charge in [-0.15, -0.1) is 6.58 Å². The minimum atomic E-state index is 0.910. The average Bonchev–Trinajstić information content (AvgIpc) is 2.80. The highest BCUT2D eigenvalue weighted by Crippen LogP contribution is 2.06. The summed E-state index contributed by atoms with van der Waals surface area (Å²) in [5.74, 6) is 0. The van der Waals surface area contributed by atoms with E-state index in [9.17, 15) is 0 Å². The van der Waals surface area contributed by atoms with E-state index in [1.54, 1.807) is 0 Å². The fourth-order valence-corrected chi connectivity index (χ4v) is 1.41. The van der Waals surface area contributed by atoms with Gasteiger partial charge in [-0.1, -0.05) is 6.08 Å². The highest BCUT2D eigenvalue weighted by Gasteiger charge is 1.93. The Hall–Kier alpha value is -1.83. The number of rotatable bonds is 2. The van der Waals surface area contributed by atoms with Crippen molar-refractivity contribution in [2.75, 3.05) is 0 Å². The molecule has 0 bridgehead atoms. The predicted molar refractivity (Wildman–Crippen MR) is 73.1 cm³/mol. The summed E-state index contributed by atoms with van der Waals surface area (Å²) in [6, 6.07) is 6.04. The van der Waals surface area contributed by atoms with Crippen LogP contribution in [0.3, 0.4) is 0 Å². The van der Waals surface area contributed by atoms with Crippen LogP contribution in [-0.2, 0) is 6.54 Å². The molecule has 2 heterocycles. The number of hydrogen-bond donors (Lipinski definition) is 0. The van der Waals surface area contributed by atoms with E-state index in [-0.39, 0.29) is 0 Å². The molecule has 0 atom stereocenters. The maximum absolute atomic E-state index is 4.14. The van der Waals surface area contributed by atoms with Crippen molar-refractivity contribution >= 4 is 0 Å². The van der Waals surface area contributed by atoms with E-state index >= 15 is 0 Å². The summed E-state index contributed by atoms with van der Waals surface area (Å²) in [6.07, 6.45) is 7.75. The first-order valence-electron chi connectivity index (χ1n) is 5.75. The Labute approximate surface area is 104 Å². The lowest BCUT2D eigenvalue weighted by Crippen LogP contribution is -1.87. The number of allylic oxidation sites excluding steroid dienone is 1. The number of pyridine rings is 1. The van der Waals surface area contributed by atoms with Crippen LogP contribution in [0.25, 0.3) is 0 Å². The Kier molecular flexibility index (Phi) is 5.21. The van der Waals surface area contributed by atoms with Gasteiger partial charge in [-0.25, -0.2) is 0 Å². The van der Waals surface area contributed by atoms with Gasteiger partial charge in [-0.05, 0) is 50.1 Å². The molecule has 90 valence electrons. The molecule has 2 rings (SSSR count). The summed E-state index contributed by atoms with van der Waals surface area (Å²) < 4.78 is 2.06. The molecule has 0 N–H and O–H groups in total. The van der Waals surface area contributed by atoms with Crippen molar-refractivity contribution in [2.24, 2.45) is 0 Å². The van der Waals surface area contributed by atoms with Gasteiger partial charge >= 0.3 is 0 Å². The summed E-state index contributed by atoms with van der Waals surface area (Å²) in [6.45, 7) is 10.8. The predicted octanol–water partition coefficient (Wildman–Crippen LogP) is 3.68. The van der Waals surface area contributed by atoms with Gasteiger partial charge in [0.1, 0.15) is 0 Å². The van der Waals surface area contributed by atoms with Crippen LogP contribution >= 0.6 is 0 Å². The highest BCUT2D eigenvalue weighted by atomic mass is 14.9. The van der Waals surface area contributed by atoms with Crippen LogP contribution in [0.2, 0.25) is 0 Å². The molecule has 2 aromatic rings. The third-order valence-corrected chi connectivity index (χ3v) is 2.73. The number of nitrogens with zero attached hydrogens (tertiary/aromatic N) is 2. The molecule has 0 aliphatic carbocycles. The van der Waals surface area contributed by atoms with Crippen molar-refractivity contribution in [1.82, 2.24) is 9.55 Å². The van der Waals surface area contributed by atoms with Gasteiger partial charge < -0.3 is 4.57 Å². The molecule has 2 aromatic heterocycles. The summed E-state index contributed by atoms with van der Waals surface area (Å²) in [7, 11) is 0. The normalized spacial score (nSPS) is 9.35. The van der Waals surface area contributed by atoms with E-state index in [4.69, 9.17) is 0 Å². The minimum absolute atomic E-state index is 0.910. The number of aromatic nitrogens is 2. The maximum Gasteiger partial charge on any atom is 0.0404 e. The van der Waals surface area contributed by atoms with Crippen LogP contribution in [0, 0.1) is 20.8 Å². The van der Waals surface area contributed by atoms with Crippen molar-refractivity contribution in [3.8, 4) is 0 Å². The lowest BCUT2D eigenvalue weighted by atomic mass is 10.1. The number of aryl methyl sites for hydroxylation is 2. The Morgan fingerprint density at radius 1 is 1.24 bits per heavy atom. The lowest BCUT2D eigenvalue weighted by Gasteiger charge is -1.99. The first-order chi connectivity index (χ1) is 8.15. The van der Waals surface area contributed by atoms with Crippen LogP contribution in [0.15, 0.2) is 49.4 Å². The molecule has 0 spiro atoms. The summed E-state index contributed by atoms with van der Waals surface area (Å²) in [5, 5.41) is 0. The lowest BCUT2D eigenvalue weighted by molar-refractivity contribution is 0.832. The average molecular weight is 228 g/mol. The first-order valence-corrected chi connectivity index (χ1v) is 5.75. The smallest absolute Gasteiger partial charge is 0.0404 e. The van der Waals surface area contributed by atoms with Gasteiger partial charge in [-0.3, -0.25) is 4.98 Å². The van der Waals surface area contributed by atoms with Crippen molar-refractivity contribution in [3.63, 3.8) is 0 Å². The molecule has 0 saturated carbocycles. The zero-order chi connectivity index (χ0) is 12.7. The second-order valence-corrected chi connectivity index (χ2v) is 4.01. The zero-order valence-electron chi connectivity index (χ0n) is 10.9. The Bertz CT molecular complexity index is 436. The van der Waals surface area contributed by atoms with Crippen molar-refractivity contribution in [3.05, 3.63) is 66.3 Å². The van der Waals surface area contributed by atoms with Gasteiger partial charge in [0.25, 0.3) is 0 Å². The Balaban J connectivity index is 0.000000171. The summed E-state index contributed by atoms with van der Waals surface area (Å²) >= 11 is 0. The fraction of sp³-hybridized carbons (Fsp3) is 0.267. The van der Waals surface area contributed by atoms with Gasteiger partial charge in [-0.2, -0.15) is 0 Å². The van der Waals surface area contributed by atoms with Crippen molar-refractivity contribution < 1.29 is 0 Å². The molecule has 0 aliphatic rings. The topological polar surface area (TPSA) is 17.8 Å². The van der Waals surface area contributed by atoms with Gasteiger partial charge in [0, 0.05) is 30.8 Å². The molecule has 2 heteroatoms. The second-order valence-electron chi connectivity index (χ2n) is 4.01. The van der Waals surface area contributed by atoms with Crippen LogP contribution in [0.1, 0.15) is 16.8 Å². The van der Waals surface area contributed by atoms with E-state index in [2.05, 4.69) is 30.0 Å². The third-order valence-electron chi connectivity index (χ3n) is 2.73. The quantitative estimate of drug-likeness (QED) is 0.717. The minimum Gasteiger partial charge on any atom is -0.351 e. The van der Waals surface area contributed by atoms with E-state index in [1.807, 2.05) is 49.8 Å². The zero-order valence-corrected chi connectivity index (χ0v) is 10.9. The van der Waals surface area contributed by atoms with Crippen LogP contribution in [-0.4, -0.2) is 9.55 Å². The largest absolute Gasteiger partial charge is 0.351 e. The fourth-order valence-electron chi connectivity index (χ4n) is 1.41. The number of hydrogen-bond acceptors (Lipinski definition) is 1. The molecule has 0 radical (unpaired) electrons. The maximum atomic E-state index is 4.14. The van der Waals surface area contributed by atoms with Crippen molar-refractivity contribution in [2.45, 2.75) is 27.3 Å². The highest BCUT2D eigenvalue weighted by molar-refractivity contribution is 5.25. The molecule has 0 unspecified atom stereocenters. The Morgan fingerprint density at radius 2 is 1.88 bits per heavy atom. The monoisotopic (exact) mass is 228 g/mol. The molecule has 0 aliphatic heterocycles. The molecule has 0 amide bonds. The summed E-state index contributed by atoms with van der Waals surface area (Å²) in [4.78, 5) is 4.14. The molecule has 0 saturated heterocycles. The van der Waals surface area contributed by atoms with E-state index in [0.29, 0.717) is 0 Å². The SMILES string of the molecule is C=CCn1cccc1.Cc1ccnc(C)c1C. The third kappa shape index (κ3) is 4.27. The molecular weight excluding hydrogens is 208 g/mol. The molecular formula is C15H20N2. The molecule has 17 heavy (non-hydrogen) atoms. The van der Waals surface area contributed by atoms with E-state index < -0.39 is 0 Å². The van der Waals surface area contributed by atoms with Crippen molar-refractivity contribution in [1.29, 1.82) is 0 Å². The van der Waals surface area contributed by atoms with Crippen LogP contribution in [0.4, 0.5) is 0 Å². The van der Waals surface area contributed by atoms with E-state index in [1.165, 1.54) is 11.1 Å². The molecule has 0 aromatic carbocycles. The van der Waals surface area contributed by atoms with Crippen LogP contribution in [0.5, 0.6) is 0 Å². The van der Waals surface area contributed by atoms with Gasteiger partial charge in [0.15, 0.2) is 0 Å². The van der Waals surface area contributed by atoms with Gasteiger partial charge in [0.2, 0.25) is 0 Å². The second kappa shape index (κ2) is 6.69. The van der Waals surface area contributed by atoms with Gasteiger partial charge in [0.05, 0.1) is 0 Å². The molecule has 0 fully saturated rings. The van der Waals surface area contributed by atoms with Crippen LogP contribution < -0.4 is 0 Å². The Morgan fingerprint density at radius 3 is 2.35 bits per heavy atom. The molecule has 2 nitrogen and oxygen atoms in total. The first kappa shape index (κ1) is 13.2. The van der Waals surface area contributed by atoms with E-state index in [0.717, 1.165) is 12.2 Å². The standard InChI is InChI=1S/C8H11N.C7H9N/c1-6-4-5-9-8(3)7(6)2;1-2-5-8-6-3-4-7-8/h4-5H,1-3H3;2-4,6-7H,1,5H2.